The fourth-order valence-electron chi connectivity index (χ4n) is 6.83. The van der Waals surface area contributed by atoms with E-state index in [0.717, 1.165) is 38.5 Å². The quantitative estimate of drug-likeness (QED) is 0.420. The lowest BCUT2D eigenvalue weighted by Crippen LogP contribution is -2.65. The van der Waals surface area contributed by atoms with Crippen molar-refractivity contribution in [2.24, 2.45) is 28.6 Å². The summed E-state index contributed by atoms with van der Waals surface area (Å²) >= 11 is 0. The molecule has 2 aliphatic heterocycles. The number of hydrogen-bond acceptors (Lipinski definition) is 4. The van der Waals surface area contributed by atoms with Crippen LogP contribution in [0.5, 0.6) is 0 Å². The molecule has 1 saturated heterocycles. The summed E-state index contributed by atoms with van der Waals surface area (Å²) in [6, 6.07) is 0. The second-order valence-electron chi connectivity index (χ2n) is 9.57. The average molecular weight is 348 g/mol. The number of esters is 1. The minimum atomic E-state index is -0.370. The van der Waals surface area contributed by atoms with E-state index < -0.39 is 0 Å². The summed E-state index contributed by atoms with van der Waals surface area (Å²) in [5.74, 6) is 1.24. The highest BCUT2D eigenvalue weighted by Gasteiger charge is 2.66. The first-order chi connectivity index (χ1) is 11.8. The van der Waals surface area contributed by atoms with Crippen LogP contribution in [0.2, 0.25) is 0 Å². The highest BCUT2D eigenvalue weighted by atomic mass is 17.2. The van der Waals surface area contributed by atoms with E-state index in [0.29, 0.717) is 17.8 Å². The molecule has 5 aliphatic rings. The molecular weight excluding hydrogens is 316 g/mol. The smallest absolute Gasteiger partial charge is 0.311 e. The number of carbonyl (C=O) groups excluding carboxylic acids is 1. The van der Waals surface area contributed by atoms with Gasteiger partial charge in [0.15, 0.2) is 0 Å². The number of ether oxygens (including phenoxy) is 1. The van der Waals surface area contributed by atoms with Crippen LogP contribution in [-0.4, -0.2) is 24.8 Å². The molecule has 3 fully saturated rings. The molecule has 25 heavy (non-hydrogen) atoms. The Balaban J connectivity index is 1.74. The van der Waals surface area contributed by atoms with Crippen molar-refractivity contribution in [2.75, 3.05) is 7.11 Å². The van der Waals surface area contributed by atoms with Crippen LogP contribution in [0.1, 0.15) is 66.2 Å². The van der Waals surface area contributed by atoms with Gasteiger partial charge < -0.3 is 4.74 Å². The predicted octanol–water partition coefficient (Wildman–Crippen LogP) is 4.44. The van der Waals surface area contributed by atoms with Gasteiger partial charge in [0.05, 0.1) is 12.5 Å². The monoisotopic (exact) mass is 348 g/mol. The topological polar surface area (TPSA) is 44.8 Å². The molecule has 0 radical (unpaired) electrons. The SMILES string of the molecule is COC(=O)[C@]1(C)CCC[C@@]2(C)[C@H]1CC[C@]13C=C(C(C)C)[C@H](C[C@@H]21)OO3. The van der Waals surface area contributed by atoms with E-state index in [-0.39, 0.29) is 28.5 Å². The maximum Gasteiger partial charge on any atom is 0.311 e. The second kappa shape index (κ2) is 5.56. The van der Waals surface area contributed by atoms with Gasteiger partial charge in [-0.3, -0.25) is 4.79 Å². The van der Waals surface area contributed by atoms with Crippen LogP contribution in [-0.2, 0) is 19.3 Å². The maximum atomic E-state index is 12.7. The van der Waals surface area contributed by atoms with E-state index in [9.17, 15) is 4.79 Å². The minimum absolute atomic E-state index is 0.0316. The first kappa shape index (κ1) is 17.5. The number of fused-ring (bicyclic) bond motifs is 2. The molecule has 2 heterocycles. The third kappa shape index (κ3) is 2.22. The van der Waals surface area contributed by atoms with E-state index >= 15 is 0 Å². The first-order valence-electron chi connectivity index (χ1n) is 9.92. The second-order valence-corrected chi connectivity index (χ2v) is 9.57. The third-order valence-corrected chi connectivity index (χ3v) is 8.06. The number of rotatable bonds is 2. The van der Waals surface area contributed by atoms with Gasteiger partial charge >= 0.3 is 5.97 Å². The van der Waals surface area contributed by atoms with Gasteiger partial charge in [0.1, 0.15) is 11.7 Å². The molecule has 1 spiro atoms. The Hall–Kier alpha value is -0.870. The zero-order chi connectivity index (χ0) is 18.0. The van der Waals surface area contributed by atoms with Crippen molar-refractivity contribution >= 4 is 5.97 Å². The van der Waals surface area contributed by atoms with Crippen LogP contribution in [0.3, 0.4) is 0 Å². The Morgan fingerprint density at radius 2 is 2.00 bits per heavy atom. The fraction of sp³-hybridized carbons (Fsp3) is 0.857. The molecule has 2 bridgehead atoms. The molecule has 140 valence electrons. The third-order valence-electron chi connectivity index (χ3n) is 8.06. The van der Waals surface area contributed by atoms with Crippen LogP contribution in [0.25, 0.3) is 0 Å². The molecule has 0 unspecified atom stereocenters. The van der Waals surface area contributed by atoms with E-state index in [1.807, 2.05) is 0 Å². The van der Waals surface area contributed by atoms with Gasteiger partial charge in [-0.1, -0.05) is 27.2 Å². The first-order valence-corrected chi connectivity index (χ1v) is 9.92. The zero-order valence-electron chi connectivity index (χ0n) is 16.3. The van der Waals surface area contributed by atoms with Crippen molar-refractivity contribution in [3.05, 3.63) is 11.6 Å². The summed E-state index contributed by atoms with van der Waals surface area (Å²) in [6.07, 6.45) is 8.61. The van der Waals surface area contributed by atoms with Crippen molar-refractivity contribution in [2.45, 2.75) is 77.9 Å². The summed E-state index contributed by atoms with van der Waals surface area (Å²) in [6.45, 7) is 9.01. The summed E-state index contributed by atoms with van der Waals surface area (Å²) in [7, 11) is 1.53. The Bertz CT molecular complexity index is 611. The van der Waals surface area contributed by atoms with E-state index in [1.54, 1.807) is 0 Å². The summed E-state index contributed by atoms with van der Waals surface area (Å²) in [5.41, 5.74) is 0.830. The molecule has 4 heteroatoms. The Morgan fingerprint density at radius 3 is 2.68 bits per heavy atom. The minimum Gasteiger partial charge on any atom is -0.469 e. The fourth-order valence-corrected chi connectivity index (χ4v) is 6.83. The standard InChI is InChI=1S/C21H32O4/c1-13(2)14-12-21-10-7-16-19(3,17(21)11-15(14)24-25-21)8-6-9-20(16,4)18(22)23-5/h12-13,15-17H,6-11H2,1-5H3/t15-,16+,17-,19-,20+,21-/m0/s1. The van der Waals surface area contributed by atoms with E-state index in [1.165, 1.54) is 12.7 Å². The van der Waals surface area contributed by atoms with Crippen molar-refractivity contribution < 1.29 is 19.3 Å². The van der Waals surface area contributed by atoms with Crippen LogP contribution >= 0.6 is 0 Å². The largest absolute Gasteiger partial charge is 0.469 e. The van der Waals surface area contributed by atoms with Gasteiger partial charge in [0.2, 0.25) is 0 Å². The van der Waals surface area contributed by atoms with Gasteiger partial charge in [-0.25, -0.2) is 9.78 Å². The van der Waals surface area contributed by atoms with Crippen LogP contribution in [0.4, 0.5) is 0 Å². The van der Waals surface area contributed by atoms with E-state index in [2.05, 4.69) is 33.8 Å². The normalized spacial score (nSPS) is 48.6. The van der Waals surface area contributed by atoms with Gasteiger partial charge in [-0.2, -0.15) is 0 Å². The predicted molar refractivity (Wildman–Crippen MR) is 94.5 cm³/mol. The van der Waals surface area contributed by atoms with Gasteiger partial charge in [-0.15, -0.1) is 0 Å². The Labute approximate surface area is 151 Å². The van der Waals surface area contributed by atoms with Crippen LogP contribution in [0.15, 0.2) is 11.6 Å². The number of carbonyl (C=O) groups is 1. The highest BCUT2D eigenvalue weighted by Crippen LogP contribution is 2.67. The lowest BCUT2D eigenvalue weighted by molar-refractivity contribution is -0.434. The van der Waals surface area contributed by atoms with Crippen molar-refractivity contribution in [1.82, 2.24) is 0 Å². The van der Waals surface area contributed by atoms with Crippen molar-refractivity contribution in [1.29, 1.82) is 0 Å². The molecular formula is C21H32O4. The molecule has 3 aliphatic carbocycles. The van der Waals surface area contributed by atoms with Crippen molar-refractivity contribution in [3.63, 3.8) is 0 Å². The lowest BCUT2D eigenvalue weighted by Gasteiger charge is -2.64. The average Bonchev–Trinajstić information content (AvgIpc) is 2.60. The van der Waals surface area contributed by atoms with Crippen LogP contribution < -0.4 is 0 Å². The molecule has 2 saturated carbocycles. The van der Waals surface area contributed by atoms with Crippen LogP contribution in [0, 0.1) is 28.6 Å². The number of methoxy groups -OCH3 is 1. The van der Waals surface area contributed by atoms with Gasteiger partial charge in [0, 0.05) is 5.92 Å². The Kier molecular flexibility index (Phi) is 3.90. The van der Waals surface area contributed by atoms with Gasteiger partial charge in [-0.05, 0) is 67.9 Å². The molecule has 0 aromatic rings. The summed E-state index contributed by atoms with van der Waals surface area (Å²) < 4.78 is 5.22. The zero-order valence-corrected chi connectivity index (χ0v) is 16.3. The van der Waals surface area contributed by atoms with Gasteiger partial charge in [0.25, 0.3) is 0 Å². The lowest BCUT2D eigenvalue weighted by atomic mass is 9.43. The number of hydrogen-bond donors (Lipinski definition) is 0. The van der Waals surface area contributed by atoms with Crippen molar-refractivity contribution in [3.8, 4) is 0 Å². The Morgan fingerprint density at radius 1 is 1.24 bits per heavy atom. The molecule has 6 atom stereocenters. The molecule has 0 aromatic heterocycles. The molecule has 4 nitrogen and oxygen atoms in total. The molecule has 5 rings (SSSR count). The summed E-state index contributed by atoms with van der Waals surface area (Å²) in [4.78, 5) is 24.5. The molecule has 0 aromatic carbocycles. The maximum absolute atomic E-state index is 12.7. The molecule has 0 N–H and O–H groups in total. The molecule has 0 amide bonds. The van der Waals surface area contributed by atoms with E-state index in [4.69, 9.17) is 14.5 Å². The highest BCUT2D eigenvalue weighted by molar-refractivity contribution is 5.77. The summed E-state index contributed by atoms with van der Waals surface area (Å²) in [5, 5.41) is 0.